The van der Waals surface area contributed by atoms with E-state index >= 15 is 0 Å². The molecule has 3 rings (SSSR count). The molecule has 1 saturated heterocycles. The molecule has 1 aliphatic carbocycles. The quantitative estimate of drug-likeness (QED) is 0.864. The highest BCUT2D eigenvalue weighted by molar-refractivity contribution is 5.74. The number of urea groups is 1. The van der Waals surface area contributed by atoms with E-state index in [-0.39, 0.29) is 17.6 Å². The van der Waals surface area contributed by atoms with Crippen LogP contribution in [-0.2, 0) is 19.4 Å². The highest BCUT2D eigenvalue weighted by Crippen LogP contribution is 2.21. The molecule has 5 nitrogen and oxygen atoms in total. The molecule has 0 spiro atoms. The van der Waals surface area contributed by atoms with Crippen molar-refractivity contribution < 1.29 is 4.79 Å². The van der Waals surface area contributed by atoms with Gasteiger partial charge in [-0.15, -0.1) is 6.58 Å². The molecule has 1 fully saturated rings. The molecule has 0 unspecified atom stereocenters. The number of carbonyl (C=O) groups excluding carboxylic acids is 1. The fourth-order valence-electron chi connectivity index (χ4n) is 3.46. The Bertz CT molecular complexity index is 629. The van der Waals surface area contributed by atoms with Crippen LogP contribution in [0.25, 0.3) is 0 Å². The zero-order valence-corrected chi connectivity index (χ0v) is 12.9. The molecule has 0 bridgehead atoms. The predicted molar refractivity (Wildman–Crippen MR) is 86.1 cm³/mol. The van der Waals surface area contributed by atoms with E-state index in [1.165, 1.54) is 5.56 Å². The molecule has 5 heteroatoms. The molecule has 0 saturated carbocycles. The summed E-state index contributed by atoms with van der Waals surface area (Å²) < 4.78 is 1.79. The van der Waals surface area contributed by atoms with Crippen LogP contribution in [0.15, 0.2) is 29.6 Å². The molecule has 1 N–H and O–H groups in total. The summed E-state index contributed by atoms with van der Waals surface area (Å²) >= 11 is 0. The minimum atomic E-state index is 0.0261. The van der Waals surface area contributed by atoms with E-state index in [1.807, 2.05) is 11.0 Å². The lowest BCUT2D eigenvalue weighted by atomic mass is 9.91. The van der Waals surface area contributed by atoms with Crippen molar-refractivity contribution in [2.45, 2.75) is 44.7 Å². The van der Waals surface area contributed by atoms with Crippen molar-refractivity contribution in [1.82, 2.24) is 14.8 Å². The minimum Gasteiger partial charge on any atom is -0.335 e. The first-order valence-corrected chi connectivity index (χ1v) is 8.07. The van der Waals surface area contributed by atoms with Gasteiger partial charge in [0.15, 0.2) is 0 Å². The average molecular weight is 301 g/mol. The fourth-order valence-corrected chi connectivity index (χ4v) is 3.46. The minimum absolute atomic E-state index is 0.0261. The molecule has 2 heterocycles. The van der Waals surface area contributed by atoms with Crippen molar-refractivity contribution >= 4 is 6.03 Å². The molecular weight excluding hydrogens is 278 g/mol. The van der Waals surface area contributed by atoms with Gasteiger partial charge in [-0.2, -0.15) is 0 Å². The summed E-state index contributed by atoms with van der Waals surface area (Å²) in [5, 5.41) is 3.15. The van der Waals surface area contributed by atoms with Gasteiger partial charge in [0.25, 0.3) is 5.56 Å². The summed E-state index contributed by atoms with van der Waals surface area (Å²) in [5.41, 5.74) is 2.29. The Hall–Kier alpha value is -2.04. The van der Waals surface area contributed by atoms with E-state index in [4.69, 9.17) is 0 Å². The third-order valence-electron chi connectivity index (χ3n) is 4.62. The third-order valence-corrected chi connectivity index (χ3v) is 4.62. The Morgan fingerprint density at radius 1 is 1.36 bits per heavy atom. The maximum atomic E-state index is 12.2. The molecule has 1 atom stereocenters. The number of pyridine rings is 1. The van der Waals surface area contributed by atoms with Crippen LogP contribution in [0.1, 0.15) is 30.5 Å². The van der Waals surface area contributed by atoms with Crippen LogP contribution in [-0.4, -0.2) is 34.6 Å². The van der Waals surface area contributed by atoms with E-state index in [2.05, 4.69) is 11.9 Å². The van der Waals surface area contributed by atoms with Crippen molar-refractivity contribution in [2.24, 2.45) is 0 Å². The number of likely N-dealkylation sites (tertiary alicyclic amines) is 1. The van der Waals surface area contributed by atoms with Crippen molar-refractivity contribution in [2.75, 3.05) is 13.1 Å². The summed E-state index contributed by atoms with van der Waals surface area (Å²) in [7, 11) is 0. The molecule has 1 aromatic heterocycles. The van der Waals surface area contributed by atoms with Gasteiger partial charge in [0.05, 0.1) is 0 Å². The maximum absolute atomic E-state index is 12.2. The lowest BCUT2D eigenvalue weighted by Gasteiger charge is -2.29. The van der Waals surface area contributed by atoms with Crippen LogP contribution in [0.5, 0.6) is 0 Å². The largest absolute Gasteiger partial charge is 0.335 e. The molecular formula is C17H23N3O2. The zero-order chi connectivity index (χ0) is 15.5. The summed E-state index contributed by atoms with van der Waals surface area (Å²) in [4.78, 5) is 26.0. The van der Waals surface area contributed by atoms with Crippen LogP contribution in [0, 0.1) is 0 Å². The molecule has 22 heavy (non-hydrogen) atoms. The number of hydrogen-bond donors (Lipinski definition) is 1. The number of allylic oxidation sites excluding steroid dienone is 1. The smallest absolute Gasteiger partial charge is 0.317 e. The Labute approximate surface area is 130 Å². The number of aromatic nitrogens is 1. The third kappa shape index (κ3) is 2.93. The average Bonchev–Trinajstić information content (AvgIpc) is 3.05. The van der Waals surface area contributed by atoms with E-state index in [1.54, 1.807) is 16.7 Å². The van der Waals surface area contributed by atoms with Gasteiger partial charge < -0.3 is 14.8 Å². The zero-order valence-electron chi connectivity index (χ0n) is 12.9. The molecule has 1 aliphatic heterocycles. The topological polar surface area (TPSA) is 54.3 Å². The molecule has 0 aromatic carbocycles. The van der Waals surface area contributed by atoms with Gasteiger partial charge in [-0.1, -0.05) is 12.1 Å². The summed E-state index contributed by atoms with van der Waals surface area (Å²) in [6.07, 6.45) is 6.47. The number of carbonyl (C=O) groups is 1. The number of hydrogen-bond acceptors (Lipinski definition) is 2. The Morgan fingerprint density at radius 3 is 2.86 bits per heavy atom. The Kier molecular flexibility index (Phi) is 4.32. The fraction of sp³-hybridized carbons (Fsp3) is 0.529. The number of amides is 2. The first-order chi connectivity index (χ1) is 10.7. The van der Waals surface area contributed by atoms with E-state index in [9.17, 15) is 9.59 Å². The first kappa shape index (κ1) is 14.9. The summed E-state index contributed by atoms with van der Waals surface area (Å²) in [5.74, 6) is 0. The lowest BCUT2D eigenvalue weighted by Crippen LogP contribution is -2.46. The summed E-state index contributed by atoms with van der Waals surface area (Å²) in [6.45, 7) is 6.01. The van der Waals surface area contributed by atoms with Crippen LogP contribution in [0.2, 0.25) is 0 Å². The second-order valence-electron chi connectivity index (χ2n) is 6.13. The SMILES string of the molecule is C=CCn1c2c(ccc1=O)C[C@@H](NC(=O)N1CCCC1)CC2. The first-order valence-electron chi connectivity index (χ1n) is 8.07. The predicted octanol–water partition coefficient (Wildman–Crippen LogP) is 1.70. The van der Waals surface area contributed by atoms with Crippen molar-refractivity contribution in [3.05, 3.63) is 46.4 Å². The highest BCUT2D eigenvalue weighted by atomic mass is 16.2. The molecule has 118 valence electrons. The van der Waals surface area contributed by atoms with E-state index in [0.29, 0.717) is 6.54 Å². The van der Waals surface area contributed by atoms with E-state index in [0.717, 1.165) is 50.9 Å². The van der Waals surface area contributed by atoms with Gasteiger partial charge in [0.1, 0.15) is 0 Å². The monoisotopic (exact) mass is 301 g/mol. The molecule has 0 radical (unpaired) electrons. The van der Waals surface area contributed by atoms with Gasteiger partial charge in [0.2, 0.25) is 0 Å². The second-order valence-corrected chi connectivity index (χ2v) is 6.13. The van der Waals surface area contributed by atoms with Gasteiger partial charge in [-0.3, -0.25) is 4.79 Å². The Balaban J connectivity index is 1.71. The van der Waals surface area contributed by atoms with Crippen molar-refractivity contribution in [3.63, 3.8) is 0 Å². The molecule has 1 aromatic rings. The normalized spacial score (nSPS) is 20.5. The standard InChI is InChI=1S/C17H23N3O2/c1-2-9-20-15-7-6-14(12-13(15)5-8-16(20)21)18-17(22)19-10-3-4-11-19/h2,5,8,14H,1,3-4,6-7,9-12H2,(H,18,22)/t14-/m0/s1. The Morgan fingerprint density at radius 2 is 2.14 bits per heavy atom. The van der Waals surface area contributed by atoms with Crippen LogP contribution in [0.3, 0.4) is 0 Å². The van der Waals surface area contributed by atoms with Crippen LogP contribution in [0.4, 0.5) is 4.79 Å². The van der Waals surface area contributed by atoms with Crippen molar-refractivity contribution in [1.29, 1.82) is 0 Å². The molecule has 2 amide bonds. The van der Waals surface area contributed by atoms with Crippen molar-refractivity contribution in [3.8, 4) is 0 Å². The molecule has 2 aliphatic rings. The van der Waals surface area contributed by atoms with Gasteiger partial charge in [-0.25, -0.2) is 4.79 Å². The number of nitrogens with zero attached hydrogens (tertiary/aromatic N) is 2. The number of rotatable bonds is 3. The van der Waals surface area contributed by atoms with Crippen LogP contribution < -0.4 is 10.9 Å². The van der Waals surface area contributed by atoms with Gasteiger partial charge >= 0.3 is 6.03 Å². The van der Waals surface area contributed by atoms with Gasteiger partial charge in [0, 0.05) is 37.4 Å². The maximum Gasteiger partial charge on any atom is 0.317 e. The second kappa shape index (κ2) is 6.38. The number of nitrogens with one attached hydrogen (secondary N) is 1. The number of fused-ring (bicyclic) bond motifs is 1. The highest BCUT2D eigenvalue weighted by Gasteiger charge is 2.25. The lowest BCUT2D eigenvalue weighted by molar-refractivity contribution is 0.203. The van der Waals surface area contributed by atoms with E-state index < -0.39 is 0 Å². The van der Waals surface area contributed by atoms with Gasteiger partial charge in [-0.05, 0) is 37.7 Å². The summed E-state index contributed by atoms with van der Waals surface area (Å²) in [6, 6.07) is 3.75. The van der Waals surface area contributed by atoms with Crippen LogP contribution >= 0.6 is 0 Å².